The fraction of sp³-hybridized carbons (Fsp3) is 0.100. The van der Waals surface area contributed by atoms with Crippen LogP contribution in [0.4, 0.5) is 0 Å². The second kappa shape index (κ2) is 4.97. The third-order valence-electron chi connectivity index (χ3n) is 1.94. The molecule has 2 rings (SSSR count). The highest BCUT2D eigenvalue weighted by atomic mass is 79.9. The van der Waals surface area contributed by atoms with E-state index < -0.39 is 5.97 Å². The SMILES string of the molecule is COC(=O)c1nnc(-c2cc(Br)ccc2Br)o1. The van der Waals surface area contributed by atoms with Gasteiger partial charge in [-0.1, -0.05) is 15.9 Å². The average Bonchev–Trinajstić information content (AvgIpc) is 2.80. The molecular formula is C10H6Br2N2O3. The van der Waals surface area contributed by atoms with Gasteiger partial charge in [-0.15, -0.1) is 10.2 Å². The van der Waals surface area contributed by atoms with Crippen LogP contribution in [0.15, 0.2) is 31.6 Å². The molecule has 88 valence electrons. The second-order valence-corrected chi connectivity index (χ2v) is 4.80. The van der Waals surface area contributed by atoms with Gasteiger partial charge in [-0.05, 0) is 34.1 Å². The van der Waals surface area contributed by atoms with Crippen molar-refractivity contribution in [3.63, 3.8) is 0 Å². The lowest BCUT2D eigenvalue weighted by molar-refractivity contribution is 0.0556. The predicted octanol–water partition coefficient (Wildman–Crippen LogP) is 3.05. The van der Waals surface area contributed by atoms with E-state index in [-0.39, 0.29) is 11.8 Å². The summed E-state index contributed by atoms with van der Waals surface area (Å²) in [5, 5.41) is 7.40. The summed E-state index contributed by atoms with van der Waals surface area (Å²) in [6.07, 6.45) is 0. The molecule has 0 spiro atoms. The molecule has 1 aromatic heterocycles. The molecule has 0 N–H and O–H groups in total. The van der Waals surface area contributed by atoms with Crippen molar-refractivity contribution in [3.05, 3.63) is 33.0 Å². The molecule has 0 bridgehead atoms. The minimum atomic E-state index is -0.658. The fourth-order valence-corrected chi connectivity index (χ4v) is 1.94. The van der Waals surface area contributed by atoms with E-state index >= 15 is 0 Å². The maximum atomic E-state index is 11.2. The zero-order chi connectivity index (χ0) is 12.4. The van der Waals surface area contributed by atoms with Gasteiger partial charge >= 0.3 is 11.9 Å². The molecule has 0 amide bonds. The van der Waals surface area contributed by atoms with E-state index in [1.807, 2.05) is 12.1 Å². The molecule has 0 unspecified atom stereocenters. The zero-order valence-electron chi connectivity index (χ0n) is 8.61. The molecule has 0 aliphatic rings. The van der Waals surface area contributed by atoms with Gasteiger partial charge in [0.25, 0.3) is 0 Å². The first kappa shape index (κ1) is 12.3. The second-order valence-electron chi connectivity index (χ2n) is 3.03. The Kier molecular flexibility index (Phi) is 3.58. The summed E-state index contributed by atoms with van der Waals surface area (Å²) in [5.74, 6) is -0.581. The first-order valence-corrected chi connectivity index (χ1v) is 6.07. The quantitative estimate of drug-likeness (QED) is 0.769. The highest BCUT2D eigenvalue weighted by Gasteiger charge is 2.17. The van der Waals surface area contributed by atoms with Crippen molar-refractivity contribution in [2.75, 3.05) is 7.11 Å². The highest BCUT2D eigenvalue weighted by molar-refractivity contribution is 9.11. The summed E-state index contributed by atoms with van der Waals surface area (Å²) in [6, 6.07) is 5.51. The molecule has 0 atom stereocenters. The Morgan fingerprint density at radius 2 is 2.12 bits per heavy atom. The molecule has 0 aliphatic heterocycles. The number of halogens is 2. The molecule has 0 fully saturated rings. The van der Waals surface area contributed by atoms with Crippen molar-refractivity contribution in [1.29, 1.82) is 0 Å². The number of benzene rings is 1. The van der Waals surface area contributed by atoms with Crippen molar-refractivity contribution in [2.24, 2.45) is 0 Å². The molecular weight excluding hydrogens is 356 g/mol. The Bertz CT molecular complexity index is 568. The fourth-order valence-electron chi connectivity index (χ4n) is 1.16. The van der Waals surface area contributed by atoms with Gasteiger partial charge in [-0.25, -0.2) is 4.79 Å². The lowest BCUT2D eigenvalue weighted by atomic mass is 10.2. The Balaban J connectivity index is 2.43. The highest BCUT2D eigenvalue weighted by Crippen LogP contribution is 2.30. The summed E-state index contributed by atoms with van der Waals surface area (Å²) in [6.45, 7) is 0. The van der Waals surface area contributed by atoms with Crippen LogP contribution >= 0.6 is 31.9 Å². The maximum absolute atomic E-state index is 11.2. The van der Waals surface area contributed by atoms with Crippen LogP contribution in [0, 0.1) is 0 Å². The number of esters is 1. The maximum Gasteiger partial charge on any atom is 0.396 e. The van der Waals surface area contributed by atoms with Crippen LogP contribution < -0.4 is 0 Å². The van der Waals surface area contributed by atoms with Gasteiger partial charge < -0.3 is 9.15 Å². The van der Waals surface area contributed by atoms with Crippen molar-refractivity contribution in [1.82, 2.24) is 10.2 Å². The topological polar surface area (TPSA) is 65.2 Å². The molecule has 1 aromatic carbocycles. The van der Waals surface area contributed by atoms with E-state index in [0.717, 1.165) is 8.95 Å². The van der Waals surface area contributed by atoms with Crippen LogP contribution in [0.1, 0.15) is 10.7 Å². The Hall–Kier alpha value is -1.21. The van der Waals surface area contributed by atoms with Gasteiger partial charge in [0, 0.05) is 8.95 Å². The van der Waals surface area contributed by atoms with Crippen LogP contribution in [0.3, 0.4) is 0 Å². The molecule has 7 heteroatoms. The number of hydrogen-bond acceptors (Lipinski definition) is 5. The van der Waals surface area contributed by atoms with E-state index in [4.69, 9.17) is 4.42 Å². The van der Waals surface area contributed by atoms with Gasteiger partial charge in [0.05, 0.1) is 12.7 Å². The van der Waals surface area contributed by atoms with Gasteiger partial charge in [0.1, 0.15) is 0 Å². The number of hydrogen-bond donors (Lipinski definition) is 0. The van der Waals surface area contributed by atoms with Gasteiger partial charge in [0.2, 0.25) is 5.89 Å². The Morgan fingerprint density at radius 3 is 2.82 bits per heavy atom. The van der Waals surface area contributed by atoms with Crippen molar-refractivity contribution in [2.45, 2.75) is 0 Å². The third-order valence-corrected chi connectivity index (χ3v) is 3.13. The summed E-state index contributed by atoms with van der Waals surface area (Å²) < 4.78 is 11.4. The number of aromatic nitrogens is 2. The Morgan fingerprint density at radius 1 is 1.35 bits per heavy atom. The van der Waals surface area contributed by atoms with Crippen LogP contribution in [-0.4, -0.2) is 23.3 Å². The summed E-state index contributed by atoms with van der Waals surface area (Å²) in [4.78, 5) is 11.2. The van der Waals surface area contributed by atoms with Gasteiger partial charge in [-0.3, -0.25) is 0 Å². The van der Waals surface area contributed by atoms with Crippen LogP contribution in [0.5, 0.6) is 0 Å². The Labute approximate surface area is 113 Å². The van der Waals surface area contributed by atoms with Crippen LogP contribution in [-0.2, 0) is 4.74 Å². The monoisotopic (exact) mass is 360 g/mol. The van der Waals surface area contributed by atoms with Crippen LogP contribution in [0.2, 0.25) is 0 Å². The first-order valence-electron chi connectivity index (χ1n) is 4.49. The smallest absolute Gasteiger partial charge is 0.396 e. The van der Waals surface area contributed by atoms with Crippen molar-refractivity contribution >= 4 is 37.8 Å². The molecule has 5 nitrogen and oxygen atoms in total. The first-order chi connectivity index (χ1) is 8.11. The lowest BCUT2D eigenvalue weighted by Crippen LogP contribution is -2.00. The van der Waals surface area contributed by atoms with E-state index in [1.54, 1.807) is 6.07 Å². The average molecular weight is 362 g/mol. The minimum Gasteiger partial charge on any atom is -0.462 e. The number of carbonyl (C=O) groups excluding carboxylic acids is 1. The van der Waals surface area contributed by atoms with Gasteiger partial charge in [-0.2, -0.15) is 0 Å². The number of nitrogens with zero attached hydrogens (tertiary/aromatic N) is 2. The molecule has 0 saturated heterocycles. The van der Waals surface area contributed by atoms with E-state index in [0.29, 0.717) is 5.56 Å². The third kappa shape index (κ3) is 2.55. The van der Waals surface area contributed by atoms with Crippen molar-refractivity contribution in [3.8, 4) is 11.5 Å². The van der Waals surface area contributed by atoms with E-state index in [9.17, 15) is 4.79 Å². The number of rotatable bonds is 2. The molecule has 0 aliphatic carbocycles. The van der Waals surface area contributed by atoms with Crippen molar-refractivity contribution < 1.29 is 13.9 Å². The number of ether oxygens (including phenoxy) is 1. The van der Waals surface area contributed by atoms with Gasteiger partial charge in [0.15, 0.2) is 0 Å². The summed E-state index contributed by atoms with van der Waals surface area (Å²) in [7, 11) is 1.25. The summed E-state index contributed by atoms with van der Waals surface area (Å²) in [5.41, 5.74) is 0.696. The predicted molar refractivity (Wildman–Crippen MR) is 66.5 cm³/mol. The lowest BCUT2D eigenvalue weighted by Gasteiger charge is -1.99. The largest absolute Gasteiger partial charge is 0.462 e. The summed E-state index contributed by atoms with van der Waals surface area (Å²) >= 11 is 6.71. The zero-order valence-corrected chi connectivity index (χ0v) is 11.8. The molecule has 0 radical (unpaired) electrons. The molecule has 17 heavy (non-hydrogen) atoms. The standard InChI is InChI=1S/C10H6Br2N2O3/c1-16-10(15)9-14-13-8(17-9)6-4-5(11)2-3-7(6)12/h2-4H,1H3. The van der Waals surface area contributed by atoms with E-state index in [1.165, 1.54) is 7.11 Å². The normalized spacial score (nSPS) is 10.3. The number of carbonyl (C=O) groups is 1. The molecule has 0 saturated carbocycles. The van der Waals surface area contributed by atoms with E-state index in [2.05, 4.69) is 46.8 Å². The van der Waals surface area contributed by atoms with Crippen LogP contribution in [0.25, 0.3) is 11.5 Å². The molecule has 1 heterocycles. The minimum absolute atomic E-state index is 0.172. The number of methoxy groups -OCH3 is 1. The molecule has 2 aromatic rings.